The number of piperidine rings is 1. The molecule has 0 atom stereocenters. The van der Waals surface area contributed by atoms with E-state index in [0.717, 1.165) is 44.5 Å². The number of hydrogen-bond donors (Lipinski definition) is 1. The summed E-state index contributed by atoms with van der Waals surface area (Å²) < 4.78 is 28.8. The predicted molar refractivity (Wildman–Crippen MR) is 83.0 cm³/mol. The van der Waals surface area contributed by atoms with Gasteiger partial charge in [-0.25, -0.2) is 13.4 Å². The lowest BCUT2D eigenvalue weighted by molar-refractivity contribution is 0.278. The lowest BCUT2D eigenvalue weighted by Crippen LogP contribution is -2.40. The summed E-state index contributed by atoms with van der Waals surface area (Å²) >= 11 is 0. The number of aryl methyl sites for hydroxylation is 2. The van der Waals surface area contributed by atoms with E-state index in [-0.39, 0.29) is 17.4 Å². The van der Waals surface area contributed by atoms with Gasteiger partial charge in [0.2, 0.25) is 0 Å². The van der Waals surface area contributed by atoms with Gasteiger partial charge in [0.25, 0.3) is 10.0 Å². The Balaban J connectivity index is 0.00000161. The van der Waals surface area contributed by atoms with E-state index < -0.39 is 10.0 Å². The summed E-state index contributed by atoms with van der Waals surface area (Å²) in [6, 6.07) is 0. The molecular weight excluding hydrogens is 312 g/mol. The van der Waals surface area contributed by atoms with Crippen molar-refractivity contribution in [2.45, 2.75) is 43.7 Å². The van der Waals surface area contributed by atoms with Gasteiger partial charge >= 0.3 is 0 Å². The highest BCUT2D eigenvalue weighted by molar-refractivity contribution is 7.89. The fraction of sp³-hybridized carbons (Fsp3) is 0.769. The highest BCUT2D eigenvalue weighted by Crippen LogP contribution is 2.24. The van der Waals surface area contributed by atoms with E-state index in [2.05, 4.69) is 4.98 Å². The van der Waals surface area contributed by atoms with Crippen molar-refractivity contribution < 1.29 is 8.42 Å². The molecule has 2 aliphatic heterocycles. The molecule has 120 valence electrons. The Morgan fingerprint density at radius 2 is 1.95 bits per heavy atom. The molecule has 1 aromatic heterocycles. The smallest absolute Gasteiger partial charge is 0.262 e. The Hall–Kier alpha value is -0.630. The topological polar surface area (TPSA) is 81.2 Å². The zero-order valence-corrected chi connectivity index (χ0v) is 13.7. The van der Waals surface area contributed by atoms with Crippen LogP contribution in [0.5, 0.6) is 0 Å². The highest BCUT2D eigenvalue weighted by atomic mass is 35.5. The van der Waals surface area contributed by atoms with Crippen molar-refractivity contribution in [3.05, 3.63) is 12.0 Å². The molecule has 1 saturated heterocycles. The van der Waals surface area contributed by atoms with E-state index in [1.165, 1.54) is 0 Å². The monoisotopic (exact) mass is 334 g/mol. The van der Waals surface area contributed by atoms with Gasteiger partial charge in [0.15, 0.2) is 5.03 Å². The van der Waals surface area contributed by atoms with Crippen LogP contribution in [0, 0.1) is 5.92 Å². The molecule has 1 aromatic rings. The fourth-order valence-electron chi connectivity index (χ4n) is 3.03. The minimum atomic E-state index is -3.43. The van der Waals surface area contributed by atoms with Crippen LogP contribution in [0.3, 0.4) is 0 Å². The molecule has 21 heavy (non-hydrogen) atoms. The van der Waals surface area contributed by atoms with E-state index in [9.17, 15) is 8.42 Å². The Morgan fingerprint density at radius 3 is 2.57 bits per heavy atom. The molecule has 0 amide bonds. The maximum absolute atomic E-state index is 12.6. The van der Waals surface area contributed by atoms with Gasteiger partial charge in [-0.2, -0.15) is 4.31 Å². The average molecular weight is 335 g/mol. The molecule has 0 spiro atoms. The van der Waals surface area contributed by atoms with E-state index >= 15 is 0 Å². The van der Waals surface area contributed by atoms with Gasteiger partial charge < -0.3 is 10.3 Å². The van der Waals surface area contributed by atoms with Gasteiger partial charge in [-0.15, -0.1) is 12.4 Å². The zero-order chi connectivity index (χ0) is 14.2. The maximum atomic E-state index is 12.6. The number of rotatable bonds is 3. The van der Waals surface area contributed by atoms with Crippen molar-refractivity contribution >= 4 is 22.4 Å². The van der Waals surface area contributed by atoms with E-state index in [0.29, 0.717) is 25.6 Å². The number of fused-ring (bicyclic) bond motifs is 1. The van der Waals surface area contributed by atoms with E-state index in [1.807, 2.05) is 4.57 Å². The largest absolute Gasteiger partial charge is 0.333 e. The molecule has 2 aliphatic rings. The maximum Gasteiger partial charge on any atom is 0.262 e. The zero-order valence-electron chi connectivity index (χ0n) is 12.1. The summed E-state index contributed by atoms with van der Waals surface area (Å²) in [6.45, 7) is 2.65. The molecule has 1 fully saturated rings. The summed E-state index contributed by atoms with van der Waals surface area (Å²) in [7, 11) is -3.43. The van der Waals surface area contributed by atoms with Crippen LogP contribution in [0.4, 0.5) is 0 Å². The van der Waals surface area contributed by atoms with Crippen LogP contribution in [-0.4, -0.2) is 41.9 Å². The summed E-state index contributed by atoms with van der Waals surface area (Å²) in [6.07, 6.45) is 6.49. The molecular formula is C13H23ClN4O2S. The van der Waals surface area contributed by atoms with Crippen molar-refractivity contribution in [1.82, 2.24) is 13.9 Å². The Labute approximate surface area is 132 Å². The second-order valence-electron chi connectivity index (χ2n) is 5.73. The van der Waals surface area contributed by atoms with Crippen molar-refractivity contribution in [2.24, 2.45) is 11.7 Å². The minimum Gasteiger partial charge on any atom is -0.333 e. The Bertz CT molecular complexity index is 555. The SMILES string of the molecule is Cl.NCC1CCN(S(=O)(=O)c2cn3c(n2)CCCC3)CC1. The van der Waals surface area contributed by atoms with Crippen LogP contribution in [0.15, 0.2) is 11.2 Å². The highest BCUT2D eigenvalue weighted by Gasteiger charge is 2.31. The van der Waals surface area contributed by atoms with E-state index in [1.54, 1.807) is 10.5 Å². The number of sulfonamides is 1. The van der Waals surface area contributed by atoms with Crippen molar-refractivity contribution in [1.29, 1.82) is 0 Å². The molecule has 0 aliphatic carbocycles. The van der Waals surface area contributed by atoms with Gasteiger partial charge in [0, 0.05) is 32.3 Å². The predicted octanol–water partition coefficient (Wildman–Crippen LogP) is 1.00. The first-order valence-electron chi connectivity index (χ1n) is 7.37. The minimum absolute atomic E-state index is 0. The van der Waals surface area contributed by atoms with Crippen LogP contribution in [-0.2, 0) is 23.0 Å². The van der Waals surface area contributed by atoms with Gasteiger partial charge in [-0.3, -0.25) is 0 Å². The number of imidazole rings is 1. The van der Waals surface area contributed by atoms with E-state index in [4.69, 9.17) is 5.73 Å². The molecule has 6 nitrogen and oxygen atoms in total. The first-order chi connectivity index (χ1) is 9.61. The molecule has 3 rings (SSSR count). The van der Waals surface area contributed by atoms with Gasteiger partial charge in [-0.05, 0) is 38.1 Å². The quantitative estimate of drug-likeness (QED) is 0.894. The standard InChI is InChI=1S/C13H22N4O2S.ClH/c14-9-11-4-7-17(8-5-11)20(18,19)13-10-16-6-2-1-3-12(16)15-13;/h10-11H,1-9,14H2;1H. The van der Waals surface area contributed by atoms with Gasteiger partial charge in [0.05, 0.1) is 0 Å². The normalized spacial score (nSPS) is 20.8. The van der Waals surface area contributed by atoms with Crippen molar-refractivity contribution in [3.63, 3.8) is 0 Å². The number of halogens is 1. The van der Waals surface area contributed by atoms with Crippen LogP contribution in [0.2, 0.25) is 0 Å². The first kappa shape index (κ1) is 16.7. The first-order valence-corrected chi connectivity index (χ1v) is 8.81. The molecule has 0 unspecified atom stereocenters. The number of hydrogen-bond acceptors (Lipinski definition) is 4. The number of nitrogens with two attached hydrogens (primary N) is 1. The Kier molecular flexibility index (Phi) is 5.29. The molecule has 0 saturated carbocycles. The average Bonchev–Trinajstić information content (AvgIpc) is 2.92. The van der Waals surface area contributed by atoms with Crippen LogP contribution in [0.25, 0.3) is 0 Å². The number of nitrogens with zero attached hydrogens (tertiary/aromatic N) is 3. The third kappa shape index (κ3) is 3.26. The molecule has 8 heteroatoms. The van der Waals surface area contributed by atoms with Crippen LogP contribution < -0.4 is 5.73 Å². The third-order valence-electron chi connectivity index (χ3n) is 4.40. The van der Waals surface area contributed by atoms with Crippen LogP contribution >= 0.6 is 12.4 Å². The molecule has 2 N–H and O–H groups in total. The molecule has 3 heterocycles. The summed E-state index contributed by atoms with van der Waals surface area (Å²) in [5.74, 6) is 1.36. The lowest BCUT2D eigenvalue weighted by Gasteiger charge is -2.29. The second kappa shape index (κ2) is 6.64. The molecule has 0 radical (unpaired) electrons. The molecule has 0 bridgehead atoms. The molecule has 0 aromatic carbocycles. The summed E-state index contributed by atoms with van der Waals surface area (Å²) in [5.41, 5.74) is 5.65. The van der Waals surface area contributed by atoms with Crippen molar-refractivity contribution in [2.75, 3.05) is 19.6 Å². The van der Waals surface area contributed by atoms with Crippen LogP contribution in [0.1, 0.15) is 31.5 Å². The summed E-state index contributed by atoms with van der Waals surface area (Å²) in [4.78, 5) is 4.35. The lowest BCUT2D eigenvalue weighted by atomic mass is 9.99. The van der Waals surface area contributed by atoms with Gasteiger partial charge in [-0.1, -0.05) is 0 Å². The fourth-order valence-corrected chi connectivity index (χ4v) is 4.47. The summed E-state index contributed by atoms with van der Waals surface area (Å²) in [5, 5.41) is 0.223. The van der Waals surface area contributed by atoms with Gasteiger partial charge in [0.1, 0.15) is 5.82 Å². The van der Waals surface area contributed by atoms with Crippen molar-refractivity contribution in [3.8, 4) is 0 Å². The Morgan fingerprint density at radius 1 is 1.24 bits per heavy atom. The second-order valence-corrected chi connectivity index (χ2v) is 7.61. The number of aromatic nitrogens is 2. The third-order valence-corrected chi connectivity index (χ3v) is 6.17.